The van der Waals surface area contributed by atoms with Crippen LogP contribution in [-0.4, -0.2) is 33.9 Å². The molecule has 15 heavy (non-hydrogen) atoms. The maximum Gasteiger partial charge on any atom is 0.119 e. The predicted octanol–water partition coefficient (Wildman–Crippen LogP) is 2.17. The van der Waals surface area contributed by atoms with Crippen molar-refractivity contribution in [2.24, 2.45) is 0 Å². The Kier molecular flexibility index (Phi) is 4.43. The Hall–Kier alpha value is -1.22. The van der Waals surface area contributed by atoms with E-state index in [-0.39, 0.29) is 6.10 Å². The van der Waals surface area contributed by atoms with E-state index in [2.05, 4.69) is 18.9 Å². The third kappa shape index (κ3) is 3.44. The summed E-state index contributed by atoms with van der Waals surface area (Å²) in [6.07, 6.45) is 0.233. The molecule has 0 aromatic heterocycles. The van der Waals surface area contributed by atoms with E-state index in [1.807, 2.05) is 24.3 Å². The maximum absolute atomic E-state index is 5.22. The van der Waals surface area contributed by atoms with Crippen LogP contribution in [0.2, 0.25) is 0 Å². The quantitative estimate of drug-likeness (QED) is 0.741. The number of nitrogens with zero attached hydrogens (tertiary/aromatic N) is 1. The van der Waals surface area contributed by atoms with Gasteiger partial charge < -0.3 is 14.4 Å². The Balaban J connectivity index is 2.61. The molecule has 0 saturated heterocycles. The van der Waals surface area contributed by atoms with Crippen molar-refractivity contribution in [3.05, 3.63) is 24.3 Å². The molecule has 0 aliphatic heterocycles. The van der Waals surface area contributed by atoms with Crippen LogP contribution in [0.4, 0.5) is 5.69 Å². The van der Waals surface area contributed by atoms with Crippen LogP contribution in [0.3, 0.4) is 0 Å². The van der Waals surface area contributed by atoms with E-state index < -0.39 is 0 Å². The van der Waals surface area contributed by atoms with Crippen molar-refractivity contribution < 1.29 is 9.47 Å². The Morgan fingerprint density at radius 2 is 1.80 bits per heavy atom. The van der Waals surface area contributed by atoms with Gasteiger partial charge in [0.2, 0.25) is 0 Å². The highest BCUT2D eigenvalue weighted by molar-refractivity contribution is 5.48. The van der Waals surface area contributed by atoms with Gasteiger partial charge in [-0.3, -0.25) is 0 Å². The van der Waals surface area contributed by atoms with Crippen molar-refractivity contribution in [1.29, 1.82) is 0 Å². The fourth-order valence-corrected chi connectivity index (χ4v) is 1.40. The fraction of sp³-hybridized carbons (Fsp3) is 0.500. The summed E-state index contributed by atoms with van der Waals surface area (Å²) in [5.74, 6) is 0.881. The van der Waals surface area contributed by atoms with Gasteiger partial charge in [0.25, 0.3) is 0 Å². The predicted molar refractivity (Wildman–Crippen MR) is 62.7 cm³/mol. The van der Waals surface area contributed by atoms with Crippen molar-refractivity contribution in [2.75, 3.05) is 32.7 Å². The first-order valence-corrected chi connectivity index (χ1v) is 5.05. The summed E-state index contributed by atoms with van der Waals surface area (Å²) in [5.41, 5.74) is 1.17. The van der Waals surface area contributed by atoms with Crippen LogP contribution in [-0.2, 0) is 4.74 Å². The number of likely N-dealkylation sites (N-methyl/N-ethyl adjacent to an activating group) is 1. The summed E-state index contributed by atoms with van der Waals surface area (Å²) < 4.78 is 10.3. The van der Waals surface area contributed by atoms with E-state index in [0.717, 1.165) is 12.3 Å². The molecule has 0 aliphatic rings. The van der Waals surface area contributed by atoms with Crippen molar-refractivity contribution in [2.45, 2.75) is 13.0 Å². The topological polar surface area (TPSA) is 21.7 Å². The van der Waals surface area contributed by atoms with Gasteiger partial charge >= 0.3 is 0 Å². The van der Waals surface area contributed by atoms with Crippen molar-refractivity contribution >= 4 is 5.69 Å². The van der Waals surface area contributed by atoms with Crippen LogP contribution >= 0.6 is 0 Å². The summed E-state index contributed by atoms with van der Waals surface area (Å²) in [7, 11) is 5.45. The van der Waals surface area contributed by atoms with Crippen LogP contribution in [0.5, 0.6) is 5.75 Å². The normalized spacial score (nSPS) is 12.3. The van der Waals surface area contributed by atoms with Gasteiger partial charge in [0, 0.05) is 26.4 Å². The Morgan fingerprint density at radius 1 is 1.20 bits per heavy atom. The molecule has 0 heterocycles. The van der Waals surface area contributed by atoms with E-state index in [4.69, 9.17) is 9.47 Å². The average Bonchev–Trinajstić information content (AvgIpc) is 2.29. The summed E-state index contributed by atoms with van der Waals surface area (Å²) >= 11 is 0. The zero-order valence-electron chi connectivity index (χ0n) is 9.86. The third-order valence-electron chi connectivity index (χ3n) is 2.45. The second-order valence-corrected chi connectivity index (χ2v) is 3.62. The molecule has 0 aliphatic carbocycles. The number of benzene rings is 1. The van der Waals surface area contributed by atoms with Gasteiger partial charge in [-0.2, -0.15) is 0 Å². The van der Waals surface area contributed by atoms with Crippen molar-refractivity contribution in [3.8, 4) is 5.75 Å². The van der Waals surface area contributed by atoms with Gasteiger partial charge in [0.05, 0.1) is 13.2 Å². The van der Waals surface area contributed by atoms with Gasteiger partial charge in [-0.25, -0.2) is 0 Å². The minimum Gasteiger partial charge on any atom is -0.497 e. The van der Waals surface area contributed by atoms with E-state index in [1.165, 1.54) is 5.69 Å². The molecule has 0 amide bonds. The van der Waals surface area contributed by atoms with Crippen LogP contribution in [0.15, 0.2) is 24.3 Å². The smallest absolute Gasteiger partial charge is 0.119 e. The Labute approximate surface area is 91.6 Å². The summed E-state index contributed by atoms with van der Waals surface area (Å²) in [6, 6.07) is 8.01. The van der Waals surface area contributed by atoms with Gasteiger partial charge in [0.15, 0.2) is 0 Å². The summed E-state index contributed by atoms with van der Waals surface area (Å²) in [6.45, 7) is 2.93. The minimum atomic E-state index is 0.233. The lowest BCUT2D eigenvalue weighted by Gasteiger charge is -2.22. The van der Waals surface area contributed by atoms with Crippen molar-refractivity contribution in [1.82, 2.24) is 0 Å². The van der Waals surface area contributed by atoms with Crippen LogP contribution in [0.25, 0.3) is 0 Å². The molecule has 0 radical (unpaired) electrons. The minimum absolute atomic E-state index is 0.233. The van der Waals surface area contributed by atoms with Crippen molar-refractivity contribution in [3.63, 3.8) is 0 Å². The lowest BCUT2D eigenvalue weighted by atomic mass is 10.2. The molecule has 0 N–H and O–H groups in total. The second-order valence-electron chi connectivity index (χ2n) is 3.62. The third-order valence-corrected chi connectivity index (χ3v) is 2.45. The molecule has 0 bridgehead atoms. The van der Waals surface area contributed by atoms with Crippen LogP contribution < -0.4 is 9.64 Å². The van der Waals surface area contributed by atoms with Gasteiger partial charge in [-0.1, -0.05) is 0 Å². The number of hydrogen-bond acceptors (Lipinski definition) is 3. The highest BCUT2D eigenvalue weighted by Gasteiger charge is 2.05. The SMILES string of the molecule is COc1ccc(N(C)CC(C)OC)cc1. The van der Waals surface area contributed by atoms with E-state index >= 15 is 0 Å². The summed E-state index contributed by atoms with van der Waals surface area (Å²) in [4.78, 5) is 2.16. The zero-order valence-corrected chi connectivity index (χ0v) is 9.86. The molecule has 1 rings (SSSR count). The molecule has 1 aromatic carbocycles. The molecule has 0 saturated carbocycles. The first kappa shape index (κ1) is 11.9. The lowest BCUT2D eigenvalue weighted by molar-refractivity contribution is 0.124. The first-order valence-electron chi connectivity index (χ1n) is 5.05. The average molecular weight is 209 g/mol. The molecule has 1 unspecified atom stereocenters. The molecule has 84 valence electrons. The number of rotatable bonds is 5. The van der Waals surface area contributed by atoms with E-state index in [9.17, 15) is 0 Å². The monoisotopic (exact) mass is 209 g/mol. The Bertz CT molecular complexity index is 284. The molecule has 1 aromatic rings. The molecule has 1 atom stereocenters. The molecule has 3 heteroatoms. The number of methoxy groups -OCH3 is 2. The van der Waals surface area contributed by atoms with Crippen LogP contribution in [0, 0.1) is 0 Å². The number of anilines is 1. The largest absolute Gasteiger partial charge is 0.497 e. The number of hydrogen-bond donors (Lipinski definition) is 0. The van der Waals surface area contributed by atoms with Gasteiger partial charge in [-0.05, 0) is 31.2 Å². The molecular weight excluding hydrogens is 190 g/mol. The van der Waals surface area contributed by atoms with Gasteiger partial charge in [0.1, 0.15) is 5.75 Å². The highest BCUT2D eigenvalue weighted by Crippen LogP contribution is 2.18. The molecule has 3 nitrogen and oxygen atoms in total. The molecular formula is C12H19NO2. The summed E-state index contributed by atoms with van der Waals surface area (Å²) in [5, 5.41) is 0. The number of ether oxygens (including phenoxy) is 2. The van der Waals surface area contributed by atoms with Gasteiger partial charge in [-0.15, -0.1) is 0 Å². The zero-order chi connectivity index (χ0) is 11.3. The molecule has 0 fully saturated rings. The first-order chi connectivity index (χ1) is 7.17. The van der Waals surface area contributed by atoms with E-state index in [1.54, 1.807) is 14.2 Å². The maximum atomic E-state index is 5.22. The van der Waals surface area contributed by atoms with E-state index in [0.29, 0.717) is 0 Å². The van der Waals surface area contributed by atoms with Crippen LogP contribution in [0.1, 0.15) is 6.92 Å². The Morgan fingerprint density at radius 3 is 2.27 bits per heavy atom. The second kappa shape index (κ2) is 5.61. The standard InChI is InChI=1S/C12H19NO2/c1-10(14-3)9-13(2)11-5-7-12(15-4)8-6-11/h5-8,10H,9H2,1-4H3. The molecule has 0 spiro atoms. The fourth-order valence-electron chi connectivity index (χ4n) is 1.40. The lowest BCUT2D eigenvalue weighted by Crippen LogP contribution is -2.28. The highest BCUT2D eigenvalue weighted by atomic mass is 16.5.